The summed E-state index contributed by atoms with van der Waals surface area (Å²) in [5.74, 6) is -1.67. The Morgan fingerprint density at radius 3 is 2.67 bits per heavy atom. The number of hydrogen-bond acceptors (Lipinski definition) is 5. The molecule has 0 saturated carbocycles. The van der Waals surface area contributed by atoms with Gasteiger partial charge in [-0.25, -0.2) is 14.2 Å². The fourth-order valence-electron chi connectivity index (χ4n) is 2.44. The Bertz CT molecular complexity index is 941. The lowest BCUT2D eigenvalue weighted by Crippen LogP contribution is -2.47. The summed E-state index contributed by atoms with van der Waals surface area (Å²) >= 11 is 0. The Kier molecular flexibility index (Phi) is 3.76. The molecule has 0 unspecified atom stereocenters. The van der Waals surface area contributed by atoms with Crippen molar-refractivity contribution in [3.63, 3.8) is 0 Å². The molecule has 0 radical (unpaired) electrons. The number of halogens is 1. The van der Waals surface area contributed by atoms with E-state index in [0.717, 1.165) is 6.07 Å². The molecule has 24 heavy (non-hydrogen) atoms. The van der Waals surface area contributed by atoms with E-state index in [4.69, 9.17) is 4.74 Å². The van der Waals surface area contributed by atoms with Crippen molar-refractivity contribution in [3.8, 4) is 5.69 Å². The third-order valence-corrected chi connectivity index (χ3v) is 3.58. The SMILES string of the molecule is CCOC(=O)c1c(C)[n+]([O-])c2cc(-n3ccnc3)c(F)cc2[n+]1[O-]. The number of carbonyl (C=O) groups excluding carboxylic acids is 1. The van der Waals surface area contributed by atoms with Gasteiger partial charge in [0, 0.05) is 25.4 Å². The molecule has 0 aliphatic rings. The molecule has 3 aromatic rings. The van der Waals surface area contributed by atoms with Crippen LogP contribution in [-0.2, 0) is 4.74 Å². The molecule has 0 aliphatic carbocycles. The van der Waals surface area contributed by atoms with Crippen LogP contribution >= 0.6 is 0 Å². The summed E-state index contributed by atoms with van der Waals surface area (Å²) in [7, 11) is 0. The molecule has 0 atom stereocenters. The molecule has 0 bridgehead atoms. The Labute approximate surface area is 135 Å². The highest BCUT2D eigenvalue weighted by atomic mass is 19.1. The minimum Gasteiger partial charge on any atom is -0.618 e. The molecule has 0 aliphatic heterocycles. The van der Waals surface area contributed by atoms with Crippen LogP contribution in [-0.4, -0.2) is 22.1 Å². The number of aromatic nitrogens is 4. The Morgan fingerprint density at radius 1 is 1.33 bits per heavy atom. The van der Waals surface area contributed by atoms with Crippen LogP contribution in [0.4, 0.5) is 4.39 Å². The largest absolute Gasteiger partial charge is 0.618 e. The molecular weight excluding hydrogens is 319 g/mol. The summed E-state index contributed by atoms with van der Waals surface area (Å²) in [6, 6.07) is 2.14. The maximum absolute atomic E-state index is 14.3. The summed E-state index contributed by atoms with van der Waals surface area (Å²) in [4.78, 5) is 15.7. The first kappa shape index (κ1) is 15.7. The zero-order valence-electron chi connectivity index (χ0n) is 12.9. The summed E-state index contributed by atoms with van der Waals surface area (Å²) in [5.41, 5.74) is -0.859. The average Bonchev–Trinajstić information content (AvgIpc) is 3.07. The monoisotopic (exact) mass is 332 g/mol. The molecule has 0 amide bonds. The lowest BCUT2D eigenvalue weighted by molar-refractivity contribution is -0.635. The van der Waals surface area contributed by atoms with Gasteiger partial charge in [-0.2, -0.15) is 4.73 Å². The molecule has 2 aromatic heterocycles. The van der Waals surface area contributed by atoms with Crippen LogP contribution in [0, 0.1) is 23.2 Å². The van der Waals surface area contributed by atoms with Gasteiger partial charge < -0.3 is 19.7 Å². The van der Waals surface area contributed by atoms with Crippen LogP contribution in [0.1, 0.15) is 23.1 Å². The Morgan fingerprint density at radius 2 is 2.04 bits per heavy atom. The van der Waals surface area contributed by atoms with Gasteiger partial charge in [0.2, 0.25) is 0 Å². The summed E-state index contributed by atoms with van der Waals surface area (Å²) in [5, 5.41) is 24.9. The Balaban J connectivity index is 2.32. The van der Waals surface area contributed by atoms with E-state index >= 15 is 0 Å². The highest BCUT2D eigenvalue weighted by Crippen LogP contribution is 2.19. The normalized spacial score (nSPS) is 11.0. The first-order chi connectivity index (χ1) is 11.5. The van der Waals surface area contributed by atoms with E-state index in [2.05, 4.69) is 4.98 Å². The lowest BCUT2D eigenvalue weighted by atomic mass is 10.2. The standard InChI is InChI=1S/C15H13FN4O4/c1-3-24-15(21)14-9(2)19(22)13-7-11(18-5-4-17-8-18)10(16)6-12(13)20(14)23/h4-8H,3H2,1-2H3. The molecule has 0 spiro atoms. The molecule has 2 heterocycles. The van der Waals surface area contributed by atoms with Crippen LogP contribution < -0.4 is 9.46 Å². The van der Waals surface area contributed by atoms with E-state index in [0.29, 0.717) is 4.73 Å². The summed E-state index contributed by atoms with van der Waals surface area (Å²) < 4.78 is 21.1. The van der Waals surface area contributed by atoms with Gasteiger partial charge in [-0.05, 0) is 6.92 Å². The van der Waals surface area contributed by atoms with Crippen molar-refractivity contribution in [2.24, 2.45) is 0 Å². The van der Waals surface area contributed by atoms with Gasteiger partial charge in [0.05, 0.1) is 24.7 Å². The quantitative estimate of drug-likeness (QED) is 0.403. The third-order valence-electron chi connectivity index (χ3n) is 3.58. The molecule has 0 N–H and O–H groups in total. The van der Waals surface area contributed by atoms with Crippen molar-refractivity contribution < 1.29 is 23.4 Å². The number of ether oxygens (including phenoxy) is 1. The minimum atomic E-state index is -0.935. The maximum atomic E-state index is 14.3. The highest BCUT2D eigenvalue weighted by Gasteiger charge is 2.33. The van der Waals surface area contributed by atoms with Crippen molar-refractivity contribution in [2.75, 3.05) is 6.61 Å². The van der Waals surface area contributed by atoms with Gasteiger partial charge in [0.1, 0.15) is 0 Å². The fraction of sp³-hybridized carbons (Fsp3) is 0.200. The number of nitrogens with zero attached hydrogens (tertiary/aromatic N) is 4. The van der Waals surface area contributed by atoms with Crippen LogP contribution in [0.3, 0.4) is 0 Å². The fourth-order valence-corrected chi connectivity index (χ4v) is 2.44. The molecule has 124 valence electrons. The van der Waals surface area contributed by atoms with E-state index in [1.54, 1.807) is 6.92 Å². The second kappa shape index (κ2) is 5.76. The third kappa shape index (κ3) is 2.30. The van der Waals surface area contributed by atoms with E-state index in [-0.39, 0.29) is 33.8 Å². The molecule has 8 nitrogen and oxygen atoms in total. The minimum absolute atomic E-state index is 0.0447. The molecule has 3 rings (SSSR count). The van der Waals surface area contributed by atoms with Crippen LogP contribution in [0.2, 0.25) is 0 Å². The second-order valence-electron chi connectivity index (χ2n) is 5.01. The average molecular weight is 332 g/mol. The molecule has 0 saturated heterocycles. The predicted molar refractivity (Wildman–Crippen MR) is 79.6 cm³/mol. The van der Waals surface area contributed by atoms with Gasteiger partial charge >= 0.3 is 11.7 Å². The van der Waals surface area contributed by atoms with Crippen molar-refractivity contribution >= 4 is 17.0 Å². The number of fused-ring (bicyclic) bond motifs is 1. The van der Waals surface area contributed by atoms with Crippen molar-refractivity contribution in [3.05, 3.63) is 58.5 Å². The van der Waals surface area contributed by atoms with Gasteiger partial charge in [0.15, 0.2) is 5.82 Å². The van der Waals surface area contributed by atoms with Crippen molar-refractivity contribution in [2.45, 2.75) is 13.8 Å². The van der Waals surface area contributed by atoms with Crippen molar-refractivity contribution in [1.29, 1.82) is 0 Å². The molecular formula is C15H13FN4O4. The number of esters is 1. The molecule has 9 heteroatoms. The van der Waals surface area contributed by atoms with Crippen LogP contribution in [0.5, 0.6) is 0 Å². The lowest BCUT2D eigenvalue weighted by Gasteiger charge is -2.12. The number of carbonyl (C=O) groups is 1. The van der Waals surface area contributed by atoms with E-state index < -0.39 is 17.5 Å². The Hall–Kier alpha value is -3.23. The number of rotatable bonds is 3. The van der Waals surface area contributed by atoms with E-state index in [1.165, 1.54) is 36.3 Å². The van der Waals surface area contributed by atoms with Gasteiger partial charge in [-0.1, -0.05) is 0 Å². The van der Waals surface area contributed by atoms with Crippen LogP contribution in [0.15, 0.2) is 30.9 Å². The smallest absolute Gasteiger partial charge is 0.412 e. The zero-order chi connectivity index (χ0) is 17.4. The van der Waals surface area contributed by atoms with Crippen LogP contribution in [0.25, 0.3) is 16.7 Å². The summed E-state index contributed by atoms with van der Waals surface area (Å²) in [6.07, 6.45) is 4.33. The topological polar surface area (TPSA) is 98.0 Å². The predicted octanol–water partition coefficient (Wildman–Crippen LogP) is 0.917. The van der Waals surface area contributed by atoms with E-state index in [1.807, 2.05) is 0 Å². The molecule has 1 aromatic carbocycles. The second-order valence-corrected chi connectivity index (χ2v) is 5.01. The summed E-state index contributed by atoms with van der Waals surface area (Å²) in [6.45, 7) is 2.95. The highest BCUT2D eigenvalue weighted by molar-refractivity contribution is 5.87. The molecule has 0 fully saturated rings. The number of hydrogen-bond donors (Lipinski definition) is 0. The first-order valence-corrected chi connectivity index (χ1v) is 7.10. The number of imidazole rings is 1. The van der Waals surface area contributed by atoms with Gasteiger partial charge in [0.25, 0.3) is 16.7 Å². The maximum Gasteiger partial charge on any atom is 0.412 e. The van der Waals surface area contributed by atoms with Gasteiger partial charge in [-0.3, -0.25) is 0 Å². The van der Waals surface area contributed by atoms with E-state index in [9.17, 15) is 19.6 Å². The van der Waals surface area contributed by atoms with Gasteiger partial charge in [-0.15, -0.1) is 4.73 Å². The number of benzene rings is 1. The first-order valence-electron chi connectivity index (χ1n) is 7.10. The van der Waals surface area contributed by atoms with Crippen molar-refractivity contribution in [1.82, 2.24) is 9.55 Å². The zero-order valence-corrected chi connectivity index (χ0v) is 12.9.